The normalized spacial score (nSPS) is 13.6. The summed E-state index contributed by atoms with van der Waals surface area (Å²) in [6, 6.07) is 6.23. The van der Waals surface area contributed by atoms with Crippen molar-refractivity contribution in [1.82, 2.24) is 4.72 Å². The average Bonchev–Trinajstić information content (AvgIpc) is 2.15. The van der Waals surface area contributed by atoms with Crippen molar-refractivity contribution in [1.29, 1.82) is 0 Å². The summed E-state index contributed by atoms with van der Waals surface area (Å²) >= 11 is 0. The third-order valence-corrected chi connectivity index (χ3v) is 3.44. The first-order chi connectivity index (χ1) is 7.43. The molecule has 0 aromatic heterocycles. The van der Waals surface area contributed by atoms with E-state index in [1.807, 2.05) is 0 Å². The Kier molecular flexibility index (Phi) is 4.28. The Balaban J connectivity index is 2.73. The number of hydrogen-bond acceptors (Lipinski definition) is 4. The number of aliphatic hydroxyl groups excluding tert-OH is 1. The molecule has 0 fully saturated rings. The third-order valence-electron chi connectivity index (χ3n) is 1.96. The van der Waals surface area contributed by atoms with Crippen LogP contribution in [0.25, 0.3) is 0 Å². The van der Waals surface area contributed by atoms with Crippen molar-refractivity contribution >= 4 is 15.7 Å². The van der Waals surface area contributed by atoms with Crippen LogP contribution in [0.5, 0.6) is 0 Å². The number of anilines is 1. The zero-order valence-electron chi connectivity index (χ0n) is 9.05. The second kappa shape index (κ2) is 5.29. The van der Waals surface area contributed by atoms with Gasteiger partial charge in [-0.1, -0.05) is 12.1 Å². The molecule has 1 aromatic rings. The lowest BCUT2D eigenvalue weighted by molar-refractivity contribution is 0.265. The van der Waals surface area contributed by atoms with Crippen molar-refractivity contribution in [3.05, 3.63) is 29.8 Å². The molecule has 0 radical (unpaired) electrons. The lowest BCUT2D eigenvalue weighted by atomic mass is 10.2. The predicted octanol–water partition coefficient (Wildman–Crippen LogP) is 0.0690. The van der Waals surface area contributed by atoms with Crippen molar-refractivity contribution in [2.75, 3.05) is 12.3 Å². The van der Waals surface area contributed by atoms with Gasteiger partial charge in [-0.3, -0.25) is 0 Å². The fourth-order valence-electron chi connectivity index (χ4n) is 1.29. The number of nitrogens with one attached hydrogen (secondary N) is 1. The number of benzene rings is 1. The van der Waals surface area contributed by atoms with Gasteiger partial charge >= 0.3 is 0 Å². The van der Waals surface area contributed by atoms with Gasteiger partial charge in [0.25, 0.3) is 0 Å². The van der Waals surface area contributed by atoms with E-state index in [9.17, 15) is 8.42 Å². The van der Waals surface area contributed by atoms with Crippen molar-refractivity contribution in [3.63, 3.8) is 0 Å². The first-order valence-electron chi connectivity index (χ1n) is 4.88. The number of aliphatic hydroxyl groups is 1. The van der Waals surface area contributed by atoms with E-state index < -0.39 is 16.1 Å². The molecule has 0 saturated heterocycles. The van der Waals surface area contributed by atoms with Crippen LogP contribution in [0.4, 0.5) is 5.69 Å². The van der Waals surface area contributed by atoms with Crippen LogP contribution in [0.1, 0.15) is 12.5 Å². The molecule has 1 aromatic carbocycles. The molecule has 0 spiro atoms. The van der Waals surface area contributed by atoms with Gasteiger partial charge in [0, 0.05) is 11.7 Å². The fraction of sp³-hybridized carbons (Fsp3) is 0.400. The molecule has 1 atom stereocenters. The predicted molar refractivity (Wildman–Crippen MR) is 63.2 cm³/mol. The van der Waals surface area contributed by atoms with E-state index in [4.69, 9.17) is 10.8 Å². The molecule has 0 unspecified atom stereocenters. The lowest BCUT2D eigenvalue weighted by Gasteiger charge is -2.11. The van der Waals surface area contributed by atoms with E-state index >= 15 is 0 Å². The zero-order valence-corrected chi connectivity index (χ0v) is 9.87. The lowest BCUT2D eigenvalue weighted by Crippen LogP contribution is -2.35. The number of nitrogen functional groups attached to an aromatic ring is 1. The van der Waals surface area contributed by atoms with E-state index in [1.165, 1.54) is 0 Å². The summed E-state index contributed by atoms with van der Waals surface area (Å²) in [5.74, 6) is -0.137. The smallest absolute Gasteiger partial charge is 0.216 e. The van der Waals surface area contributed by atoms with Gasteiger partial charge in [0.1, 0.15) is 0 Å². The van der Waals surface area contributed by atoms with Crippen LogP contribution in [0.2, 0.25) is 0 Å². The highest BCUT2D eigenvalue weighted by Crippen LogP contribution is 2.09. The molecule has 16 heavy (non-hydrogen) atoms. The monoisotopic (exact) mass is 244 g/mol. The van der Waals surface area contributed by atoms with E-state index in [-0.39, 0.29) is 12.4 Å². The minimum atomic E-state index is -3.43. The molecule has 0 amide bonds. The highest BCUT2D eigenvalue weighted by atomic mass is 32.2. The highest BCUT2D eigenvalue weighted by molar-refractivity contribution is 7.88. The topological polar surface area (TPSA) is 92.4 Å². The first kappa shape index (κ1) is 13.0. The minimum Gasteiger partial charge on any atom is -0.399 e. The quantitative estimate of drug-likeness (QED) is 0.639. The van der Waals surface area contributed by atoms with Crippen LogP contribution in [0, 0.1) is 0 Å². The SMILES string of the molecule is C[C@H](CO)NS(=O)(=O)Cc1cccc(N)c1. The summed E-state index contributed by atoms with van der Waals surface area (Å²) < 4.78 is 25.6. The molecule has 0 heterocycles. The molecule has 0 aliphatic rings. The van der Waals surface area contributed by atoms with Gasteiger partial charge in [0.15, 0.2) is 0 Å². The average molecular weight is 244 g/mol. The molecule has 90 valence electrons. The molecular weight excluding hydrogens is 228 g/mol. The number of nitrogens with two attached hydrogens (primary N) is 1. The molecule has 5 nitrogen and oxygen atoms in total. The maximum absolute atomic E-state index is 11.6. The second-order valence-electron chi connectivity index (χ2n) is 3.71. The summed E-state index contributed by atoms with van der Waals surface area (Å²) in [5, 5.41) is 8.76. The molecule has 4 N–H and O–H groups in total. The number of hydrogen-bond donors (Lipinski definition) is 3. The van der Waals surface area contributed by atoms with Crippen molar-refractivity contribution in [2.24, 2.45) is 0 Å². The highest BCUT2D eigenvalue weighted by Gasteiger charge is 2.14. The maximum Gasteiger partial charge on any atom is 0.216 e. The Bertz CT molecular complexity index is 445. The molecular formula is C10H16N2O3S. The van der Waals surface area contributed by atoms with Gasteiger partial charge in [0.05, 0.1) is 12.4 Å². The third kappa shape index (κ3) is 4.18. The Morgan fingerprint density at radius 2 is 2.19 bits per heavy atom. The second-order valence-corrected chi connectivity index (χ2v) is 5.46. The number of sulfonamides is 1. The standard InChI is InChI=1S/C10H16N2O3S/c1-8(6-13)12-16(14,15)7-9-3-2-4-10(11)5-9/h2-5,8,12-13H,6-7,11H2,1H3/t8-/m1/s1. The van der Waals surface area contributed by atoms with Gasteiger partial charge in [-0.25, -0.2) is 13.1 Å². The Morgan fingerprint density at radius 1 is 1.50 bits per heavy atom. The summed E-state index contributed by atoms with van der Waals surface area (Å²) in [4.78, 5) is 0. The molecule has 0 aliphatic heterocycles. The summed E-state index contributed by atoms with van der Waals surface area (Å²) in [6.07, 6.45) is 0. The molecule has 0 aliphatic carbocycles. The van der Waals surface area contributed by atoms with E-state index in [1.54, 1.807) is 31.2 Å². The molecule has 0 saturated carbocycles. The molecule has 6 heteroatoms. The van der Waals surface area contributed by atoms with Crippen molar-refractivity contribution < 1.29 is 13.5 Å². The Morgan fingerprint density at radius 3 is 2.75 bits per heavy atom. The van der Waals surface area contributed by atoms with Gasteiger partial charge < -0.3 is 10.8 Å². The first-order valence-corrected chi connectivity index (χ1v) is 6.53. The summed E-state index contributed by atoms with van der Waals surface area (Å²) in [7, 11) is -3.43. The van der Waals surface area contributed by atoms with E-state index in [0.717, 1.165) is 0 Å². The van der Waals surface area contributed by atoms with Crippen molar-refractivity contribution in [2.45, 2.75) is 18.7 Å². The van der Waals surface area contributed by atoms with Gasteiger partial charge in [0.2, 0.25) is 10.0 Å². The summed E-state index contributed by atoms with van der Waals surface area (Å²) in [6.45, 7) is 1.37. The Hall–Kier alpha value is -1.11. The van der Waals surface area contributed by atoms with Crippen LogP contribution in [-0.4, -0.2) is 26.2 Å². The van der Waals surface area contributed by atoms with Crippen LogP contribution in [0.3, 0.4) is 0 Å². The van der Waals surface area contributed by atoms with Crippen LogP contribution < -0.4 is 10.5 Å². The zero-order chi connectivity index (χ0) is 12.2. The van der Waals surface area contributed by atoms with Crippen molar-refractivity contribution in [3.8, 4) is 0 Å². The van der Waals surface area contributed by atoms with Crippen LogP contribution in [0.15, 0.2) is 24.3 Å². The van der Waals surface area contributed by atoms with Gasteiger partial charge in [-0.2, -0.15) is 0 Å². The fourth-order valence-corrected chi connectivity index (χ4v) is 2.68. The largest absolute Gasteiger partial charge is 0.399 e. The van der Waals surface area contributed by atoms with Crippen LogP contribution >= 0.6 is 0 Å². The van der Waals surface area contributed by atoms with Gasteiger partial charge in [-0.05, 0) is 24.6 Å². The van der Waals surface area contributed by atoms with E-state index in [0.29, 0.717) is 11.3 Å². The molecule has 0 bridgehead atoms. The Labute approximate surface area is 95.3 Å². The van der Waals surface area contributed by atoms with E-state index in [2.05, 4.69) is 4.72 Å². The van der Waals surface area contributed by atoms with Crippen LogP contribution in [-0.2, 0) is 15.8 Å². The summed E-state index contributed by atoms with van der Waals surface area (Å²) in [5.41, 5.74) is 6.70. The number of rotatable bonds is 5. The molecule has 1 rings (SSSR count). The minimum absolute atomic E-state index is 0.137. The maximum atomic E-state index is 11.6. The van der Waals surface area contributed by atoms with Gasteiger partial charge in [-0.15, -0.1) is 0 Å².